The van der Waals surface area contributed by atoms with Crippen molar-refractivity contribution in [1.29, 1.82) is 0 Å². The van der Waals surface area contributed by atoms with E-state index in [9.17, 15) is 35.2 Å². The van der Waals surface area contributed by atoms with Crippen molar-refractivity contribution >= 4 is 113 Å². The Labute approximate surface area is 597 Å². The zero-order valence-electron chi connectivity index (χ0n) is 56.2. The third-order valence-electron chi connectivity index (χ3n) is 17.7. The summed E-state index contributed by atoms with van der Waals surface area (Å²) in [7, 11) is -7.68. The number of rotatable bonds is 14. The van der Waals surface area contributed by atoms with Crippen molar-refractivity contribution in [2.75, 3.05) is 84.2 Å². The number of ether oxygens (including phenoxy) is 1. The molecule has 9 aromatic rings. The SMILES string of the molecule is C1CCOC1.Cc1cn2nc([C@@H]3CCCCN3C(=O)c3cc(Cl)ccc3NS(C)(=O)=O)cc2nc1N1CC(F)C(N=[N+]=[N-])C1.Cc1cn2nc([C@@H]3CCCCN3C(=O)c3cc(Cl)ccc3NS(C)(=O)=O)cc2nc1N1CC(N)C(F)C1.O.c1ccc(P(c2ccccc2)c2ccccc2)cc1. The highest BCUT2D eigenvalue weighted by atomic mass is 35.5. The van der Waals surface area contributed by atoms with Gasteiger partial charge >= 0.3 is 0 Å². The highest BCUT2D eigenvalue weighted by Crippen LogP contribution is 2.38. The molecule has 5 saturated heterocycles. The first kappa shape index (κ1) is 75.1. The van der Waals surface area contributed by atoms with E-state index in [1.807, 2.05) is 31.0 Å². The standard InChI is InChI=1S/C24H27ClFN9O3S.C24H29ClFN7O3S.C18H15P.C4H8O.H2O/c1-14-11-35-22(28-23(14)33-12-17(26)20(13-33)29-32-27)10-19(30-35)21-5-3-4-8-34(21)24(36)16-9-15(25)6-7-18(16)31-39(2,37)38;1-14-11-33-22(28-23(14)31-12-17(26)18(27)13-31)10-20(29-33)21-5-3-4-8-32(21)24(34)16-9-15(25)6-7-19(16)30-37(2,35)36;1-4-10-16(11-5-1)19(17-12-6-2-7-13-17)18-14-8-3-9-15-18;1-2-4-5-3-1;/h6-7,9-11,17,20-21,31H,3-5,8,12-13H2,1-2H3;6-7,9-11,17-18,21,30H,3-5,8,12-13,27H2,1-2H3;1-15H;1-4H2;1H2/t17?,20?,21-;17?,18?,21-;;;/m00.../s1. The number of nitrogens with two attached hydrogens (primary N) is 1. The molecule has 2 amide bonds. The number of amides is 2. The van der Waals surface area contributed by atoms with Crippen LogP contribution in [0.4, 0.5) is 31.8 Å². The van der Waals surface area contributed by atoms with Gasteiger partial charge in [0.2, 0.25) is 20.0 Å². The summed E-state index contributed by atoms with van der Waals surface area (Å²) in [6, 6.07) is 42.9. The predicted molar refractivity (Wildman–Crippen MR) is 394 cm³/mol. The molecule has 24 nitrogen and oxygen atoms in total. The molecule has 0 saturated carbocycles. The van der Waals surface area contributed by atoms with Gasteiger partial charge < -0.3 is 35.5 Å². The average Bonchev–Trinajstić information content (AvgIpc) is 1.67. The monoisotopic (exact) mass is 1480 g/mol. The van der Waals surface area contributed by atoms with Crippen molar-refractivity contribution in [3.8, 4) is 0 Å². The fourth-order valence-corrected chi connectivity index (χ4v) is 16.8. The minimum atomic E-state index is -3.62. The number of aryl methyl sites for hydroxylation is 2. The molecule has 4 aromatic heterocycles. The third kappa shape index (κ3) is 18.8. The van der Waals surface area contributed by atoms with Crippen molar-refractivity contribution in [2.45, 2.75) is 102 Å². The van der Waals surface area contributed by atoms with E-state index < -0.39 is 52.4 Å². The molecule has 14 rings (SSSR count). The van der Waals surface area contributed by atoms with Crippen molar-refractivity contribution in [3.63, 3.8) is 0 Å². The number of anilines is 4. The van der Waals surface area contributed by atoms with E-state index in [1.165, 1.54) is 65.2 Å². The van der Waals surface area contributed by atoms with Gasteiger partial charge in [-0.3, -0.25) is 19.0 Å². The minimum Gasteiger partial charge on any atom is -0.412 e. The zero-order valence-corrected chi connectivity index (χ0v) is 60.3. The number of azide groups is 1. The number of nitrogens with one attached hydrogen (secondary N) is 2. The summed E-state index contributed by atoms with van der Waals surface area (Å²) >= 11 is 12.3. The molecule has 4 unspecified atom stereocenters. The quantitative estimate of drug-likeness (QED) is 0.0395. The van der Waals surface area contributed by atoms with Crippen LogP contribution in [0.2, 0.25) is 10.0 Å². The van der Waals surface area contributed by atoms with E-state index in [0.29, 0.717) is 76.8 Å². The van der Waals surface area contributed by atoms with E-state index >= 15 is 0 Å². The first-order chi connectivity index (χ1) is 48.0. The second kappa shape index (κ2) is 33.5. The van der Waals surface area contributed by atoms with Gasteiger partial charge in [0.1, 0.15) is 24.0 Å². The van der Waals surface area contributed by atoms with E-state index in [-0.39, 0.29) is 71.5 Å². The summed E-state index contributed by atoms with van der Waals surface area (Å²) in [5, 5.41) is 17.8. The molecule has 31 heteroatoms. The molecule has 0 aliphatic carbocycles. The van der Waals surface area contributed by atoms with Crippen LogP contribution in [0.5, 0.6) is 0 Å². The molecule has 9 heterocycles. The second-order valence-electron chi connectivity index (χ2n) is 25.3. The van der Waals surface area contributed by atoms with Gasteiger partial charge in [0.15, 0.2) is 11.3 Å². The number of aromatic nitrogens is 6. The maximum Gasteiger partial charge on any atom is 0.256 e. The van der Waals surface area contributed by atoms with Crippen LogP contribution in [0, 0.1) is 13.8 Å². The lowest BCUT2D eigenvalue weighted by atomic mass is 9.98. The number of halogens is 4. The molecule has 0 spiro atoms. The number of alkyl halides is 2. The van der Waals surface area contributed by atoms with Gasteiger partial charge in [-0.15, -0.1) is 0 Å². The largest absolute Gasteiger partial charge is 0.412 e. The van der Waals surface area contributed by atoms with Crippen molar-refractivity contribution in [3.05, 3.63) is 206 Å². The van der Waals surface area contributed by atoms with Crippen LogP contribution < -0.4 is 40.9 Å². The maximum absolute atomic E-state index is 14.4. The summed E-state index contributed by atoms with van der Waals surface area (Å²) in [4.78, 5) is 46.7. The lowest BCUT2D eigenvalue weighted by Crippen LogP contribution is -2.39. The smallest absolute Gasteiger partial charge is 0.256 e. The third-order valence-corrected chi connectivity index (χ3v) is 21.7. The van der Waals surface area contributed by atoms with E-state index in [0.717, 1.165) is 62.5 Å². The Bertz CT molecular complexity index is 4550. The van der Waals surface area contributed by atoms with Gasteiger partial charge in [-0.1, -0.05) is 119 Å². The molecular formula is C70H81Cl2F2N16O8PS2. The molecule has 101 heavy (non-hydrogen) atoms. The van der Waals surface area contributed by atoms with Crippen molar-refractivity contribution < 1.29 is 45.4 Å². The lowest BCUT2D eigenvalue weighted by Gasteiger charge is -2.35. The Balaban J connectivity index is 0.000000164. The van der Waals surface area contributed by atoms with Crippen LogP contribution in [0.3, 0.4) is 0 Å². The van der Waals surface area contributed by atoms with Crippen LogP contribution in [0.15, 0.2) is 157 Å². The van der Waals surface area contributed by atoms with Gasteiger partial charge in [-0.05, 0) is 131 Å². The molecule has 5 aromatic carbocycles. The molecule has 534 valence electrons. The molecule has 5 aliphatic rings. The Morgan fingerprint density at radius 2 is 1.02 bits per heavy atom. The molecule has 0 radical (unpaired) electrons. The predicted octanol–water partition coefficient (Wildman–Crippen LogP) is 10.6. The van der Waals surface area contributed by atoms with Crippen LogP contribution in [0.1, 0.15) is 107 Å². The normalized spacial score (nSPS) is 19.8. The van der Waals surface area contributed by atoms with Crippen LogP contribution in [-0.2, 0) is 24.8 Å². The van der Waals surface area contributed by atoms with Gasteiger partial charge in [-0.25, -0.2) is 44.6 Å². The van der Waals surface area contributed by atoms with E-state index in [2.05, 4.69) is 110 Å². The number of nitrogens with zero attached hydrogens (tertiary/aromatic N) is 13. The van der Waals surface area contributed by atoms with Gasteiger partial charge in [0.05, 0.1) is 83.7 Å². The lowest BCUT2D eigenvalue weighted by molar-refractivity contribution is 0.0600. The number of piperidine rings is 2. The Hall–Kier alpha value is -8.56. The van der Waals surface area contributed by atoms with Crippen molar-refractivity contribution in [2.24, 2.45) is 10.8 Å². The fraction of sp³-hybridized carbons (Fsp3) is 0.371. The second-order valence-corrected chi connectivity index (χ2v) is 31.9. The average molecular weight is 1480 g/mol. The Morgan fingerprint density at radius 3 is 1.40 bits per heavy atom. The summed E-state index contributed by atoms with van der Waals surface area (Å²) in [6.07, 6.45) is 10.6. The number of hydrogen-bond acceptors (Lipinski definition) is 15. The van der Waals surface area contributed by atoms with E-state index in [4.69, 9.17) is 59.4 Å². The minimum absolute atomic E-state index is 0. The topological polar surface area (TPSA) is 315 Å². The van der Waals surface area contributed by atoms with Crippen LogP contribution in [-0.4, -0.2) is 163 Å². The van der Waals surface area contributed by atoms with Crippen LogP contribution in [0.25, 0.3) is 21.7 Å². The number of hydrogen-bond donors (Lipinski definition) is 3. The number of likely N-dealkylation sites (tertiary alicyclic amines) is 2. The molecule has 5 aliphatic heterocycles. The first-order valence-corrected chi connectivity index (χ1v) is 38.9. The summed E-state index contributed by atoms with van der Waals surface area (Å²) in [5.41, 5.74) is 19.3. The van der Waals surface area contributed by atoms with Gasteiger partial charge in [-0.2, -0.15) is 10.2 Å². The highest BCUT2D eigenvalue weighted by Gasteiger charge is 2.37. The summed E-state index contributed by atoms with van der Waals surface area (Å²) in [6.45, 7) is 7.58. The number of benzene rings is 5. The number of sulfonamides is 2. The number of carbonyl (C=O) groups is 2. The van der Waals surface area contributed by atoms with Crippen molar-refractivity contribution in [1.82, 2.24) is 39.0 Å². The number of fused-ring (bicyclic) bond motifs is 2. The zero-order chi connectivity index (χ0) is 70.8. The van der Waals surface area contributed by atoms with Gasteiger partial charge in [0, 0.05) is 90.0 Å². The maximum atomic E-state index is 14.4. The highest BCUT2D eigenvalue weighted by molar-refractivity contribution is 7.92. The van der Waals surface area contributed by atoms with Gasteiger partial charge in [0.25, 0.3) is 11.8 Å². The Morgan fingerprint density at radius 1 is 0.604 bits per heavy atom. The molecule has 0 bridgehead atoms. The first-order valence-electron chi connectivity index (χ1n) is 33.0. The van der Waals surface area contributed by atoms with Crippen LogP contribution >= 0.6 is 31.1 Å². The Kier molecular flexibility index (Phi) is 24.9. The summed E-state index contributed by atoms with van der Waals surface area (Å²) < 4.78 is 89.1. The molecule has 5 fully saturated rings. The molecular weight excluding hydrogens is 1400 g/mol. The molecule has 6 N–H and O–H groups in total. The molecule has 6 atom stereocenters. The summed E-state index contributed by atoms with van der Waals surface area (Å²) in [5.74, 6) is 0.562. The van der Waals surface area contributed by atoms with E-state index in [1.54, 1.807) is 36.0 Å². The fourth-order valence-electron chi connectivity index (χ4n) is 13.0. The number of carbonyl (C=O) groups excluding carboxylic acids is 2.